The topological polar surface area (TPSA) is 56.3 Å². The third kappa shape index (κ3) is 2.91. The highest BCUT2D eigenvalue weighted by molar-refractivity contribution is 5.66. The summed E-state index contributed by atoms with van der Waals surface area (Å²) in [4.78, 5) is 2.23. The molecule has 0 amide bonds. The molecule has 0 aliphatic rings. The van der Waals surface area contributed by atoms with Crippen molar-refractivity contribution in [2.75, 3.05) is 30.9 Å². The van der Waals surface area contributed by atoms with Crippen LogP contribution in [0.1, 0.15) is 26.5 Å². The van der Waals surface area contributed by atoms with Crippen LogP contribution in [0, 0.1) is 0 Å². The van der Waals surface area contributed by atoms with Gasteiger partial charge in [0.2, 0.25) is 0 Å². The van der Waals surface area contributed by atoms with Gasteiger partial charge in [0, 0.05) is 26.7 Å². The maximum Gasteiger partial charge on any atom is 0.150 e. The van der Waals surface area contributed by atoms with Gasteiger partial charge in [-0.2, -0.15) is 5.10 Å². The number of aryl methyl sites for hydroxylation is 2. The van der Waals surface area contributed by atoms with E-state index in [1.165, 1.54) is 0 Å². The second kappa shape index (κ2) is 5.91. The van der Waals surface area contributed by atoms with Gasteiger partial charge in [-0.1, -0.05) is 6.92 Å². The number of nitrogens with zero attached hydrogens (tertiary/aromatic N) is 3. The minimum Gasteiger partial charge on any atom is -0.394 e. The molecule has 0 atom stereocenters. The van der Waals surface area contributed by atoms with E-state index in [0.29, 0.717) is 12.6 Å². The van der Waals surface area contributed by atoms with Gasteiger partial charge in [-0.15, -0.1) is 0 Å². The smallest absolute Gasteiger partial charge is 0.150 e. The van der Waals surface area contributed by atoms with Gasteiger partial charge in [-0.25, -0.2) is 0 Å². The summed E-state index contributed by atoms with van der Waals surface area (Å²) >= 11 is 0. The highest BCUT2D eigenvalue weighted by Crippen LogP contribution is 2.27. The van der Waals surface area contributed by atoms with E-state index in [9.17, 15) is 0 Å². The first kappa shape index (κ1) is 13.8. The summed E-state index contributed by atoms with van der Waals surface area (Å²) in [7, 11) is 3.65. The number of anilines is 2. The van der Waals surface area contributed by atoms with Gasteiger partial charge >= 0.3 is 0 Å². The van der Waals surface area contributed by atoms with Gasteiger partial charge in [0.05, 0.1) is 18.0 Å². The minimum absolute atomic E-state index is 0.368. The summed E-state index contributed by atoms with van der Waals surface area (Å²) in [6.45, 7) is 7.87. The first-order valence-electron chi connectivity index (χ1n) is 6.09. The molecule has 5 nitrogen and oxygen atoms in total. The normalized spacial score (nSPS) is 11.2. The molecule has 0 spiro atoms. The second-order valence-corrected chi connectivity index (χ2v) is 4.44. The summed E-state index contributed by atoms with van der Waals surface area (Å²) in [5.41, 5.74) is 7.91. The maximum atomic E-state index is 6.16. The Bertz CT molecular complexity index is 360. The molecule has 0 aromatic carbocycles. The summed E-state index contributed by atoms with van der Waals surface area (Å²) in [5.74, 6) is 0.994. The molecular formula is C12H24N4O. The number of nitrogen functional groups attached to an aromatic ring is 1. The zero-order chi connectivity index (χ0) is 13.0. The summed E-state index contributed by atoms with van der Waals surface area (Å²) < 4.78 is 7.01. The summed E-state index contributed by atoms with van der Waals surface area (Å²) in [5, 5.41) is 4.45. The molecule has 1 rings (SSSR count). The lowest BCUT2D eigenvalue weighted by Gasteiger charge is -2.28. The van der Waals surface area contributed by atoms with Crippen LogP contribution < -0.4 is 10.6 Å². The van der Waals surface area contributed by atoms with Crippen LogP contribution in [0.15, 0.2) is 0 Å². The molecule has 0 aliphatic heterocycles. The lowest BCUT2D eigenvalue weighted by atomic mass is 10.2. The number of ether oxygens (including phenoxy) is 1. The number of nitrogens with two attached hydrogens (primary N) is 1. The van der Waals surface area contributed by atoms with Gasteiger partial charge in [0.1, 0.15) is 0 Å². The molecule has 1 heterocycles. The zero-order valence-electron chi connectivity index (χ0n) is 11.5. The average molecular weight is 240 g/mol. The van der Waals surface area contributed by atoms with Crippen molar-refractivity contribution in [1.29, 1.82) is 0 Å². The van der Waals surface area contributed by atoms with Crippen LogP contribution >= 0.6 is 0 Å². The number of hydrogen-bond donors (Lipinski definition) is 1. The van der Waals surface area contributed by atoms with Crippen LogP contribution in [0.5, 0.6) is 0 Å². The SMILES string of the molecule is CCc1nn(C)c(N(CCOC)C(C)C)c1N. The van der Waals surface area contributed by atoms with Crippen molar-refractivity contribution in [3.63, 3.8) is 0 Å². The Hall–Kier alpha value is -1.23. The molecule has 0 saturated heterocycles. The van der Waals surface area contributed by atoms with Crippen molar-refractivity contribution >= 4 is 11.5 Å². The molecule has 98 valence electrons. The average Bonchev–Trinajstić information content (AvgIpc) is 2.56. The Kier molecular flexibility index (Phi) is 4.81. The maximum absolute atomic E-state index is 6.16. The van der Waals surface area contributed by atoms with E-state index in [-0.39, 0.29) is 0 Å². The Morgan fingerprint density at radius 1 is 1.47 bits per heavy atom. The highest BCUT2D eigenvalue weighted by Gasteiger charge is 2.20. The Morgan fingerprint density at radius 3 is 2.53 bits per heavy atom. The lowest BCUT2D eigenvalue weighted by Crippen LogP contribution is -2.35. The van der Waals surface area contributed by atoms with Crippen LogP contribution in [0.3, 0.4) is 0 Å². The molecule has 2 N–H and O–H groups in total. The molecule has 0 unspecified atom stereocenters. The van der Waals surface area contributed by atoms with E-state index in [1.54, 1.807) is 7.11 Å². The van der Waals surface area contributed by atoms with Crippen LogP contribution in [0.25, 0.3) is 0 Å². The third-order valence-corrected chi connectivity index (χ3v) is 2.90. The number of rotatable bonds is 6. The molecule has 0 bridgehead atoms. The quantitative estimate of drug-likeness (QED) is 0.817. The number of aromatic nitrogens is 2. The number of hydrogen-bond acceptors (Lipinski definition) is 4. The monoisotopic (exact) mass is 240 g/mol. The first-order valence-corrected chi connectivity index (χ1v) is 6.09. The van der Waals surface area contributed by atoms with Crippen LogP contribution in [0.2, 0.25) is 0 Å². The third-order valence-electron chi connectivity index (χ3n) is 2.90. The predicted octanol–water partition coefficient (Wildman–Crippen LogP) is 1.43. The molecule has 1 aromatic rings. The van der Waals surface area contributed by atoms with Gasteiger partial charge < -0.3 is 15.4 Å². The molecule has 1 aromatic heterocycles. The van der Waals surface area contributed by atoms with Crippen molar-refractivity contribution in [2.24, 2.45) is 7.05 Å². The lowest BCUT2D eigenvalue weighted by molar-refractivity contribution is 0.203. The van der Waals surface area contributed by atoms with Gasteiger partial charge in [0.15, 0.2) is 5.82 Å². The van der Waals surface area contributed by atoms with Crippen LogP contribution in [-0.2, 0) is 18.2 Å². The van der Waals surface area contributed by atoms with E-state index in [2.05, 4.69) is 30.8 Å². The Morgan fingerprint density at radius 2 is 2.12 bits per heavy atom. The fourth-order valence-electron chi connectivity index (χ4n) is 1.99. The van der Waals surface area contributed by atoms with Crippen LogP contribution in [0.4, 0.5) is 11.5 Å². The fraction of sp³-hybridized carbons (Fsp3) is 0.750. The summed E-state index contributed by atoms with van der Waals surface area (Å²) in [6, 6.07) is 0.368. The summed E-state index contributed by atoms with van der Waals surface area (Å²) in [6.07, 6.45) is 0.857. The van der Waals surface area contributed by atoms with Crippen molar-refractivity contribution in [2.45, 2.75) is 33.2 Å². The second-order valence-electron chi connectivity index (χ2n) is 4.44. The van der Waals surface area contributed by atoms with Crippen molar-refractivity contribution in [1.82, 2.24) is 9.78 Å². The molecular weight excluding hydrogens is 216 g/mol. The molecule has 0 radical (unpaired) electrons. The van der Waals surface area contributed by atoms with Crippen molar-refractivity contribution < 1.29 is 4.74 Å². The van der Waals surface area contributed by atoms with Crippen LogP contribution in [-0.4, -0.2) is 36.1 Å². The Labute approximate surface area is 104 Å². The van der Waals surface area contributed by atoms with Gasteiger partial charge in [0.25, 0.3) is 0 Å². The van der Waals surface area contributed by atoms with E-state index in [0.717, 1.165) is 30.2 Å². The van der Waals surface area contributed by atoms with Crippen molar-refractivity contribution in [3.05, 3.63) is 5.69 Å². The fourth-order valence-corrected chi connectivity index (χ4v) is 1.99. The van der Waals surface area contributed by atoms with E-state index in [1.807, 2.05) is 11.7 Å². The Balaban J connectivity index is 3.04. The van der Waals surface area contributed by atoms with Gasteiger partial charge in [-0.05, 0) is 20.3 Å². The number of methoxy groups -OCH3 is 1. The highest BCUT2D eigenvalue weighted by atomic mass is 16.5. The first-order chi connectivity index (χ1) is 8.02. The largest absolute Gasteiger partial charge is 0.394 e. The van der Waals surface area contributed by atoms with Crippen molar-refractivity contribution in [3.8, 4) is 0 Å². The van der Waals surface area contributed by atoms with E-state index in [4.69, 9.17) is 10.5 Å². The van der Waals surface area contributed by atoms with E-state index >= 15 is 0 Å². The molecule has 5 heteroatoms. The molecule has 0 aliphatic carbocycles. The van der Waals surface area contributed by atoms with E-state index < -0.39 is 0 Å². The standard InChI is InChI=1S/C12H24N4O/c1-6-10-11(13)12(15(4)14-10)16(9(2)3)7-8-17-5/h9H,6-8,13H2,1-5H3. The molecule has 0 saturated carbocycles. The molecule has 0 fully saturated rings. The molecule has 17 heavy (non-hydrogen) atoms. The minimum atomic E-state index is 0.368. The van der Waals surface area contributed by atoms with Gasteiger partial charge in [-0.3, -0.25) is 4.68 Å². The zero-order valence-corrected chi connectivity index (χ0v) is 11.5. The predicted molar refractivity (Wildman–Crippen MR) is 71.4 cm³/mol.